The molecule has 8 heteroatoms. The van der Waals surface area contributed by atoms with E-state index in [9.17, 15) is 17.2 Å². The zero-order valence-electron chi connectivity index (χ0n) is 11.0. The van der Waals surface area contributed by atoms with Crippen molar-refractivity contribution in [1.82, 2.24) is 4.31 Å². The standard InChI is InChI=1S/C13H12BrF2NO2S2/c1-17(21(18,19)13-7-6-12(14)20-13)8-11(16)9-2-4-10(15)5-3-9/h2-7,11H,8H2,1H3. The van der Waals surface area contributed by atoms with Gasteiger partial charge in [0.1, 0.15) is 16.2 Å². The van der Waals surface area contributed by atoms with Crippen LogP contribution in [0, 0.1) is 5.82 Å². The van der Waals surface area contributed by atoms with Crippen LogP contribution in [0.25, 0.3) is 0 Å². The van der Waals surface area contributed by atoms with Gasteiger partial charge in [-0.05, 0) is 45.8 Å². The Hall–Kier alpha value is -0.830. The van der Waals surface area contributed by atoms with E-state index in [1.807, 2.05) is 0 Å². The molecule has 0 aliphatic carbocycles. The van der Waals surface area contributed by atoms with Gasteiger partial charge in [0.05, 0.1) is 3.79 Å². The summed E-state index contributed by atoms with van der Waals surface area (Å²) in [5.41, 5.74) is 0.241. The van der Waals surface area contributed by atoms with E-state index in [2.05, 4.69) is 15.9 Å². The molecule has 0 amide bonds. The second-order valence-electron chi connectivity index (χ2n) is 4.36. The highest BCUT2D eigenvalue weighted by Crippen LogP contribution is 2.29. The fourth-order valence-electron chi connectivity index (χ4n) is 1.69. The lowest BCUT2D eigenvalue weighted by molar-refractivity contribution is 0.286. The van der Waals surface area contributed by atoms with Crippen molar-refractivity contribution in [2.75, 3.05) is 13.6 Å². The smallest absolute Gasteiger partial charge is 0.241 e. The normalized spacial score (nSPS) is 13.6. The van der Waals surface area contributed by atoms with Crippen molar-refractivity contribution in [2.45, 2.75) is 10.4 Å². The molecule has 2 rings (SSSR count). The number of sulfonamides is 1. The maximum Gasteiger partial charge on any atom is 0.252 e. The minimum Gasteiger partial charge on any atom is -0.241 e. The van der Waals surface area contributed by atoms with Gasteiger partial charge in [-0.15, -0.1) is 11.3 Å². The molecule has 2 aromatic rings. The second kappa shape index (κ2) is 6.51. The molecular formula is C13H12BrF2NO2S2. The average molecular weight is 396 g/mol. The summed E-state index contributed by atoms with van der Waals surface area (Å²) in [5.74, 6) is -0.463. The number of nitrogens with zero attached hydrogens (tertiary/aromatic N) is 1. The molecule has 114 valence electrons. The summed E-state index contributed by atoms with van der Waals surface area (Å²) < 4.78 is 53.2. The molecule has 0 aliphatic heterocycles. The highest BCUT2D eigenvalue weighted by molar-refractivity contribution is 9.11. The van der Waals surface area contributed by atoms with Crippen LogP contribution in [0.3, 0.4) is 0 Å². The molecular weight excluding hydrogens is 384 g/mol. The topological polar surface area (TPSA) is 37.4 Å². The zero-order valence-corrected chi connectivity index (χ0v) is 14.2. The van der Waals surface area contributed by atoms with Gasteiger partial charge in [-0.25, -0.2) is 17.2 Å². The summed E-state index contributed by atoms with van der Waals surface area (Å²) in [7, 11) is -2.40. The van der Waals surface area contributed by atoms with Crippen LogP contribution in [0.4, 0.5) is 8.78 Å². The van der Waals surface area contributed by atoms with Gasteiger partial charge in [0.25, 0.3) is 10.0 Å². The molecule has 0 fully saturated rings. The predicted octanol–water partition coefficient (Wildman–Crippen LogP) is 3.98. The quantitative estimate of drug-likeness (QED) is 0.767. The number of likely N-dealkylation sites (N-methyl/N-ethyl adjacent to an activating group) is 1. The Morgan fingerprint density at radius 1 is 1.24 bits per heavy atom. The van der Waals surface area contributed by atoms with E-state index in [1.165, 1.54) is 25.2 Å². The monoisotopic (exact) mass is 395 g/mol. The third-order valence-corrected chi connectivity index (χ3v) is 6.78. The molecule has 1 heterocycles. The number of thiophene rings is 1. The minimum absolute atomic E-state index is 0.142. The Balaban J connectivity index is 2.13. The van der Waals surface area contributed by atoms with E-state index in [0.717, 1.165) is 27.8 Å². The van der Waals surface area contributed by atoms with E-state index < -0.39 is 22.0 Å². The van der Waals surface area contributed by atoms with Gasteiger partial charge in [-0.3, -0.25) is 0 Å². The van der Waals surface area contributed by atoms with Crippen LogP contribution in [0.5, 0.6) is 0 Å². The SMILES string of the molecule is CN(CC(F)c1ccc(F)cc1)S(=O)(=O)c1ccc(Br)s1. The number of alkyl halides is 1. The first-order valence-corrected chi connectivity index (χ1v) is 8.97. The van der Waals surface area contributed by atoms with Gasteiger partial charge in [-0.2, -0.15) is 4.31 Å². The summed E-state index contributed by atoms with van der Waals surface area (Å²) >= 11 is 4.26. The molecule has 0 saturated heterocycles. The van der Waals surface area contributed by atoms with E-state index in [0.29, 0.717) is 3.79 Å². The summed E-state index contributed by atoms with van der Waals surface area (Å²) in [5, 5.41) is 0. The van der Waals surface area contributed by atoms with E-state index in [4.69, 9.17) is 0 Å². The first kappa shape index (κ1) is 16.5. The number of rotatable bonds is 5. The van der Waals surface area contributed by atoms with E-state index in [1.54, 1.807) is 6.07 Å². The Morgan fingerprint density at radius 3 is 2.38 bits per heavy atom. The van der Waals surface area contributed by atoms with Crippen LogP contribution in [0.2, 0.25) is 0 Å². The van der Waals surface area contributed by atoms with Crippen molar-refractivity contribution in [3.8, 4) is 0 Å². The first-order valence-electron chi connectivity index (χ1n) is 5.92. The van der Waals surface area contributed by atoms with Crippen LogP contribution in [-0.4, -0.2) is 26.3 Å². The molecule has 0 aliphatic rings. The van der Waals surface area contributed by atoms with Gasteiger partial charge in [-0.1, -0.05) is 12.1 Å². The Morgan fingerprint density at radius 2 is 1.86 bits per heavy atom. The maximum absolute atomic E-state index is 14.1. The van der Waals surface area contributed by atoms with Crippen molar-refractivity contribution in [2.24, 2.45) is 0 Å². The van der Waals surface area contributed by atoms with Gasteiger partial charge in [0, 0.05) is 13.6 Å². The van der Waals surface area contributed by atoms with E-state index in [-0.39, 0.29) is 16.3 Å². The predicted molar refractivity (Wildman–Crippen MR) is 82.1 cm³/mol. The van der Waals surface area contributed by atoms with Crippen molar-refractivity contribution in [3.05, 3.63) is 51.6 Å². The lowest BCUT2D eigenvalue weighted by Gasteiger charge is -2.18. The Labute approximate surface area is 134 Å². The average Bonchev–Trinajstić information content (AvgIpc) is 2.86. The number of hydrogen-bond acceptors (Lipinski definition) is 3. The zero-order chi connectivity index (χ0) is 15.6. The van der Waals surface area contributed by atoms with Crippen LogP contribution in [-0.2, 0) is 10.0 Å². The maximum atomic E-state index is 14.1. The van der Waals surface area contributed by atoms with Gasteiger partial charge < -0.3 is 0 Å². The first-order chi connectivity index (χ1) is 9.80. The largest absolute Gasteiger partial charge is 0.252 e. The van der Waals surface area contributed by atoms with Crippen molar-refractivity contribution in [1.29, 1.82) is 0 Å². The van der Waals surface area contributed by atoms with Crippen LogP contribution in [0.1, 0.15) is 11.7 Å². The van der Waals surface area contributed by atoms with Crippen molar-refractivity contribution < 1.29 is 17.2 Å². The summed E-state index contributed by atoms with van der Waals surface area (Å²) in [4.78, 5) is 0. The lowest BCUT2D eigenvalue weighted by Crippen LogP contribution is -2.29. The Bertz CT molecular complexity index is 716. The highest BCUT2D eigenvalue weighted by atomic mass is 79.9. The summed E-state index contributed by atoms with van der Waals surface area (Å²) in [6.07, 6.45) is -1.52. The number of hydrogen-bond donors (Lipinski definition) is 0. The molecule has 0 spiro atoms. The molecule has 1 aromatic carbocycles. The number of halogens is 3. The molecule has 3 nitrogen and oxygen atoms in total. The van der Waals surface area contributed by atoms with Crippen molar-refractivity contribution in [3.63, 3.8) is 0 Å². The lowest BCUT2D eigenvalue weighted by atomic mass is 10.1. The van der Waals surface area contributed by atoms with E-state index >= 15 is 0 Å². The molecule has 1 aromatic heterocycles. The van der Waals surface area contributed by atoms with Crippen LogP contribution >= 0.6 is 27.3 Å². The minimum atomic E-state index is -3.72. The fraction of sp³-hybridized carbons (Fsp3) is 0.231. The molecule has 0 radical (unpaired) electrons. The van der Waals surface area contributed by atoms with Gasteiger partial charge in [0.2, 0.25) is 0 Å². The molecule has 1 unspecified atom stereocenters. The van der Waals surface area contributed by atoms with Crippen LogP contribution < -0.4 is 0 Å². The fourth-order valence-corrected chi connectivity index (χ4v) is 5.08. The summed E-state index contributed by atoms with van der Waals surface area (Å²) in [6, 6.07) is 7.99. The third-order valence-electron chi connectivity index (χ3n) is 2.86. The van der Waals surface area contributed by atoms with Gasteiger partial charge >= 0.3 is 0 Å². The molecule has 0 N–H and O–H groups in total. The molecule has 1 atom stereocenters. The van der Waals surface area contributed by atoms with Crippen LogP contribution in [0.15, 0.2) is 44.4 Å². The Kier molecular flexibility index (Phi) is 5.13. The molecule has 0 bridgehead atoms. The summed E-state index contributed by atoms with van der Waals surface area (Å²) in [6.45, 7) is -0.330. The molecule has 21 heavy (non-hydrogen) atoms. The second-order valence-corrected chi connectivity index (χ2v) is 9.10. The third kappa shape index (κ3) is 3.88. The van der Waals surface area contributed by atoms with Crippen molar-refractivity contribution >= 4 is 37.3 Å². The van der Waals surface area contributed by atoms with Gasteiger partial charge in [0.15, 0.2) is 0 Å². The molecule has 0 saturated carbocycles. The highest BCUT2D eigenvalue weighted by Gasteiger charge is 2.25. The number of benzene rings is 1.